The van der Waals surface area contributed by atoms with Crippen molar-refractivity contribution in [1.82, 2.24) is 10.2 Å². The third-order valence-corrected chi connectivity index (χ3v) is 7.40. The molecular weight excluding hydrogens is 520 g/mol. The Morgan fingerprint density at radius 3 is 2.33 bits per heavy atom. The number of methoxy groups -OCH3 is 1. The molecule has 1 N–H and O–H groups in total. The lowest BCUT2D eigenvalue weighted by atomic mass is 9.87. The van der Waals surface area contributed by atoms with Crippen LogP contribution in [0.1, 0.15) is 70.9 Å². The molecule has 2 amide bonds. The highest BCUT2D eigenvalue weighted by Gasteiger charge is 2.28. The lowest BCUT2D eigenvalue weighted by molar-refractivity contribution is -0.142. The first-order chi connectivity index (χ1) is 17.1. The number of halogens is 1. The molecule has 1 saturated carbocycles. The van der Waals surface area contributed by atoms with Crippen molar-refractivity contribution in [3.8, 4) is 11.5 Å². The summed E-state index contributed by atoms with van der Waals surface area (Å²) in [5, 5.41) is 3.16. The summed E-state index contributed by atoms with van der Waals surface area (Å²) >= 11 is 3.58. The summed E-state index contributed by atoms with van der Waals surface area (Å²) in [6, 6.07) is 13.0. The monoisotopic (exact) mass is 558 g/mol. The maximum Gasteiger partial charge on any atom is 0.261 e. The molecule has 1 atom stereocenters. The molecule has 1 fully saturated rings. The Labute approximate surface area is 223 Å². The van der Waals surface area contributed by atoms with Crippen LogP contribution in [0.15, 0.2) is 46.9 Å². The Hall–Kier alpha value is -2.54. The van der Waals surface area contributed by atoms with Crippen molar-refractivity contribution >= 4 is 27.7 Å². The standard InChI is InChI=1S/C29H39BrN2O4/c1-20(28(34)31-23-9-7-6-8-10-23)32(18-21-11-14-24(35-5)15-12-21)27(33)19-36-26-16-13-22(17-25(26)30)29(2,3)4/h11-17,20,23H,6-10,18-19H2,1-5H3,(H,31,34). The van der Waals surface area contributed by atoms with Crippen LogP contribution in [-0.4, -0.2) is 42.5 Å². The smallest absolute Gasteiger partial charge is 0.261 e. The van der Waals surface area contributed by atoms with E-state index in [-0.39, 0.29) is 29.9 Å². The Balaban J connectivity index is 1.73. The average Bonchev–Trinajstić information content (AvgIpc) is 2.86. The van der Waals surface area contributed by atoms with E-state index in [9.17, 15) is 9.59 Å². The van der Waals surface area contributed by atoms with E-state index in [0.717, 1.165) is 41.5 Å². The topological polar surface area (TPSA) is 67.9 Å². The van der Waals surface area contributed by atoms with Gasteiger partial charge < -0.3 is 19.7 Å². The quantitative estimate of drug-likeness (QED) is 0.409. The molecule has 0 aliphatic heterocycles. The first kappa shape index (κ1) is 28.0. The van der Waals surface area contributed by atoms with Gasteiger partial charge in [-0.2, -0.15) is 0 Å². The minimum atomic E-state index is -0.628. The lowest BCUT2D eigenvalue weighted by Crippen LogP contribution is -2.51. The largest absolute Gasteiger partial charge is 0.497 e. The van der Waals surface area contributed by atoms with E-state index < -0.39 is 6.04 Å². The number of ether oxygens (including phenoxy) is 2. The fraction of sp³-hybridized carbons (Fsp3) is 0.517. The van der Waals surface area contributed by atoms with Gasteiger partial charge in [0.15, 0.2) is 6.61 Å². The molecule has 196 valence electrons. The van der Waals surface area contributed by atoms with Crippen LogP contribution in [-0.2, 0) is 21.5 Å². The number of benzene rings is 2. The van der Waals surface area contributed by atoms with Crippen molar-refractivity contribution in [2.45, 2.75) is 83.8 Å². The van der Waals surface area contributed by atoms with E-state index in [1.165, 1.54) is 12.0 Å². The third kappa shape index (κ3) is 7.73. The molecule has 0 heterocycles. The molecule has 0 aromatic heterocycles. The van der Waals surface area contributed by atoms with Crippen molar-refractivity contribution in [3.63, 3.8) is 0 Å². The van der Waals surface area contributed by atoms with Crippen LogP contribution >= 0.6 is 15.9 Å². The normalized spacial score (nSPS) is 15.2. The summed E-state index contributed by atoms with van der Waals surface area (Å²) in [6.45, 7) is 8.37. The van der Waals surface area contributed by atoms with Crippen molar-refractivity contribution in [2.75, 3.05) is 13.7 Å². The van der Waals surface area contributed by atoms with Gasteiger partial charge in [-0.15, -0.1) is 0 Å². The zero-order valence-corrected chi connectivity index (χ0v) is 23.7. The summed E-state index contributed by atoms with van der Waals surface area (Å²) < 4.78 is 12.0. The molecule has 1 aliphatic rings. The van der Waals surface area contributed by atoms with Gasteiger partial charge in [-0.3, -0.25) is 9.59 Å². The van der Waals surface area contributed by atoms with E-state index in [1.54, 1.807) is 18.9 Å². The van der Waals surface area contributed by atoms with Gasteiger partial charge in [-0.1, -0.05) is 58.2 Å². The van der Waals surface area contributed by atoms with Crippen LogP contribution in [0.3, 0.4) is 0 Å². The molecule has 1 unspecified atom stereocenters. The highest BCUT2D eigenvalue weighted by molar-refractivity contribution is 9.10. The van der Waals surface area contributed by atoms with Gasteiger partial charge in [0.2, 0.25) is 5.91 Å². The highest BCUT2D eigenvalue weighted by Crippen LogP contribution is 2.31. The van der Waals surface area contributed by atoms with Gasteiger partial charge in [0.05, 0.1) is 11.6 Å². The molecule has 0 radical (unpaired) electrons. The van der Waals surface area contributed by atoms with Crippen LogP contribution < -0.4 is 14.8 Å². The van der Waals surface area contributed by atoms with Crippen LogP contribution in [0.2, 0.25) is 0 Å². The molecule has 1 aliphatic carbocycles. The molecule has 3 rings (SSSR count). The molecule has 6 nitrogen and oxygen atoms in total. The maximum absolute atomic E-state index is 13.4. The van der Waals surface area contributed by atoms with Crippen LogP contribution in [0.25, 0.3) is 0 Å². The zero-order valence-electron chi connectivity index (χ0n) is 22.1. The number of amides is 2. The molecule has 7 heteroatoms. The summed E-state index contributed by atoms with van der Waals surface area (Å²) in [5.41, 5.74) is 2.09. The minimum Gasteiger partial charge on any atom is -0.497 e. The average molecular weight is 560 g/mol. The second-order valence-corrected chi connectivity index (χ2v) is 11.4. The van der Waals surface area contributed by atoms with Gasteiger partial charge in [-0.05, 0) is 76.5 Å². The number of hydrogen-bond donors (Lipinski definition) is 1. The number of hydrogen-bond acceptors (Lipinski definition) is 4. The first-order valence-corrected chi connectivity index (χ1v) is 13.5. The molecule has 2 aromatic rings. The molecule has 2 aromatic carbocycles. The predicted molar refractivity (Wildman–Crippen MR) is 146 cm³/mol. The Morgan fingerprint density at radius 2 is 1.75 bits per heavy atom. The number of rotatable bonds is 9. The molecule has 0 spiro atoms. The summed E-state index contributed by atoms with van der Waals surface area (Å²) in [4.78, 5) is 28.1. The minimum absolute atomic E-state index is 0.00710. The first-order valence-electron chi connectivity index (χ1n) is 12.7. The van der Waals surface area contributed by atoms with Gasteiger partial charge in [-0.25, -0.2) is 0 Å². The molecular formula is C29H39BrN2O4. The maximum atomic E-state index is 13.4. The van der Waals surface area contributed by atoms with Crippen molar-refractivity contribution < 1.29 is 19.1 Å². The van der Waals surface area contributed by atoms with E-state index >= 15 is 0 Å². The summed E-state index contributed by atoms with van der Waals surface area (Å²) in [7, 11) is 1.62. The fourth-order valence-electron chi connectivity index (χ4n) is 4.39. The van der Waals surface area contributed by atoms with E-state index in [1.807, 2.05) is 42.5 Å². The third-order valence-electron chi connectivity index (χ3n) is 6.78. The number of carbonyl (C=O) groups excluding carboxylic acids is 2. The molecule has 0 saturated heterocycles. The van der Waals surface area contributed by atoms with E-state index in [0.29, 0.717) is 12.3 Å². The van der Waals surface area contributed by atoms with Crippen LogP contribution in [0.4, 0.5) is 0 Å². The SMILES string of the molecule is COc1ccc(CN(C(=O)COc2ccc(C(C)(C)C)cc2Br)C(C)C(=O)NC2CCCCC2)cc1. The Morgan fingerprint density at radius 1 is 1.08 bits per heavy atom. The van der Waals surface area contributed by atoms with E-state index in [4.69, 9.17) is 9.47 Å². The number of carbonyl (C=O) groups is 2. The van der Waals surface area contributed by atoms with Crippen molar-refractivity contribution in [2.24, 2.45) is 0 Å². The molecule has 36 heavy (non-hydrogen) atoms. The Kier molecular flexibility index (Phi) is 9.83. The lowest BCUT2D eigenvalue weighted by Gasteiger charge is -2.31. The second-order valence-electron chi connectivity index (χ2n) is 10.6. The number of nitrogens with one attached hydrogen (secondary N) is 1. The van der Waals surface area contributed by atoms with Gasteiger partial charge in [0, 0.05) is 12.6 Å². The van der Waals surface area contributed by atoms with E-state index in [2.05, 4.69) is 42.0 Å². The highest BCUT2D eigenvalue weighted by atomic mass is 79.9. The van der Waals surface area contributed by atoms with Crippen LogP contribution in [0, 0.1) is 0 Å². The van der Waals surface area contributed by atoms with Gasteiger partial charge in [0.25, 0.3) is 5.91 Å². The van der Waals surface area contributed by atoms with Gasteiger partial charge in [0.1, 0.15) is 17.5 Å². The van der Waals surface area contributed by atoms with Crippen molar-refractivity contribution in [3.05, 3.63) is 58.1 Å². The van der Waals surface area contributed by atoms with Crippen molar-refractivity contribution in [1.29, 1.82) is 0 Å². The Bertz CT molecular complexity index is 1030. The van der Waals surface area contributed by atoms with Gasteiger partial charge >= 0.3 is 0 Å². The summed E-state index contributed by atoms with van der Waals surface area (Å²) in [6.07, 6.45) is 5.46. The van der Waals surface area contributed by atoms with Crippen LogP contribution in [0.5, 0.6) is 11.5 Å². The summed E-state index contributed by atoms with van der Waals surface area (Å²) in [5.74, 6) is 0.968. The predicted octanol–water partition coefficient (Wildman–Crippen LogP) is 6.00. The zero-order chi connectivity index (χ0) is 26.3. The second kappa shape index (κ2) is 12.6. The fourth-order valence-corrected chi connectivity index (χ4v) is 4.88. The molecule has 0 bridgehead atoms. The number of nitrogens with zero attached hydrogens (tertiary/aromatic N) is 1.